The molecule has 2 aromatic carbocycles. The van der Waals surface area contributed by atoms with E-state index in [2.05, 4.69) is 30.7 Å². The Bertz CT molecular complexity index is 1410. The number of nitrogens with one attached hydrogen (secondary N) is 2. The molecule has 0 bridgehead atoms. The second kappa shape index (κ2) is 9.75. The number of hydrogen-bond acceptors (Lipinski definition) is 10. The van der Waals surface area contributed by atoms with Gasteiger partial charge in [-0.3, -0.25) is 0 Å². The van der Waals surface area contributed by atoms with E-state index in [9.17, 15) is 13.5 Å². The molecular formula is C22H21ClN6O4S. The molecule has 0 aliphatic carbocycles. The van der Waals surface area contributed by atoms with Crippen molar-refractivity contribution in [3.63, 3.8) is 0 Å². The van der Waals surface area contributed by atoms with Crippen LogP contribution in [0.25, 0.3) is 11.5 Å². The van der Waals surface area contributed by atoms with E-state index in [1.807, 2.05) is 30.3 Å². The normalized spacial score (nSPS) is 12.4. The lowest BCUT2D eigenvalue weighted by Gasteiger charge is -2.19. The van der Waals surface area contributed by atoms with Crippen LogP contribution in [0.4, 0.5) is 17.5 Å². The summed E-state index contributed by atoms with van der Waals surface area (Å²) < 4.78 is 28.9. The molecule has 34 heavy (non-hydrogen) atoms. The lowest BCUT2D eigenvalue weighted by Crippen LogP contribution is -2.17. The van der Waals surface area contributed by atoms with E-state index >= 15 is 0 Å². The Kier molecular flexibility index (Phi) is 6.77. The van der Waals surface area contributed by atoms with Crippen LogP contribution in [0.5, 0.6) is 0 Å². The second-order valence-corrected chi connectivity index (χ2v) is 9.83. The zero-order valence-electron chi connectivity index (χ0n) is 18.2. The smallest absolute Gasteiger partial charge is 0.263 e. The van der Waals surface area contributed by atoms with Crippen LogP contribution in [0.1, 0.15) is 17.4 Å². The Morgan fingerprint density at radius 2 is 1.91 bits per heavy atom. The number of aliphatic hydroxyl groups is 1. The minimum absolute atomic E-state index is 0.0266. The first-order valence-corrected chi connectivity index (χ1v) is 12.4. The third-order valence-electron chi connectivity index (χ3n) is 4.83. The molecule has 4 aromatic rings. The van der Waals surface area contributed by atoms with Gasteiger partial charge in [0.25, 0.3) is 5.89 Å². The summed E-state index contributed by atoms with van der Waals surface area (Å²) in [4.78, 5) is 13.1. The average Bonchev–Trinajstić information content (AvgIpc) is 3.23. The maximum atomic E-state index is 11.8. The molecular weight excluding hydrogens is 480 g/mol. The highest BCUT2D eigenvalue weighted by molar-refractivity contribution is 7.90. The van der Waals surface area contributed by atoms with Gasteiger partial charge < -0.3 is 20.3 Å². The van der Waals surface area contributed by atoms with Crippen LogP contribution in [-0.2, 0) is 9.84 Å². The SMILES string of the molecule is Cc1noc(-c2cnc(Nc3ccc(S(C)(=O)=O)c(Cl)c3)nc2N[C@H](CO)c2ccccc2)n1. The molecule has 2 heterocycles. The minimum Gasteiger partial charge on any atom is -0.394 e. The van der Waals surface area contributed by atoms with E-state index in [4.69, 9.17) is 16.1 Å². The van der Waals surface area contributed by atoms with Gasteiger partial charge in [0.05, 0.1) is 22.6 Å². The molecule has 0 aliphatic heterocycles. The summed E-state index contributed by atoms with van der Waals surface area (Å²) >= 11 is 6.15. The zero-order chi connectivity index (χ0) is 24.3. The first kappa shape index (κ1) is 23.6. The lowest BCUT2D eigenvalue weighted by molar-refractivity contribution is 0.276. The Balaban J connectivity index is 1.69. The minimum atomic E-state index is -3.45. The number of aromatic nitrogens is 4. The first-order chi connectivity index (χ1) is 16.2. The molecule has 0 saturated heterocycles. The van der Waals surface area contributed by atoms with Gasteiger partial charge in [-0.1, -0.05) is 47.1 Å². The van der Waals surface area contributed by atoms with Crippen molar-refractivity contribution < 1.29 is 18.0 Å². The molecule has 3 N–H and O–H groups in total. The zero-order valence-corrected chi connectivity index (χ0v) is 19.8. The van der Waals surface area contributed by atoms with Crippen LogP contribution in [0, 0.1) is 6.92 Å². The van der Waals surface area contributed by atoms with E-state index in [1.54, 1.807) is 13.0 Å². The predicted octanol–water partition coefficient (Wildman–Crippen LogP) is 3.78. The highest BCUT2D eigenvalue weighted by Crippen LogP contribution is 2.30. The summed E-state index contributed by atoms with van der Waals surface area (Å²) in [7, 11) is -3.45. The number of aryl methyl sites for hydroxylation is 1. The first-order valence-electron chi connectivity index (χ1n) is 10.1. The van der Waals surface area contributed by atoms with Crippen molar-refractivity contribution in [2.75, 3.05) is 23.5 Å². The molecule has 10 nitrogen and oxygen atoms in total. The fourth-order valence-corrected chi connectivity index (χ4v) is 4.54. The number of rotatable bonds is 8. The van der Waals surface area contributed by atoms with Gasteiger partial charge in [0, 0.05) is 18.1 Å². The molecule has 0 saturated carbocycles. The summed E-state index contributed by atoms with van der Waals surface area (Å²) in [6.45, 7) is 1.50. The van der Waals surface area contributed by atoms with E-state index in [1.165, 1.54) is 18.3 Å². The molecule has 176 valence electrons. The van der Waals surface area contributed by atoms with E-state index < -0.39 is 15.9 Å². The van der Waals surface area contributed by atoms with Gasteiger partial charge in [0.15, 0.2) is 15.7 Å². The van der Waals surface area contributed by atoms with Gasteiger partial charge in [-0.25, -0.2) is 13.4 Å². The quantitative estimate of drug-likeness (QED) is 0.327. The summed E-state index contributed by atoms with van der Waals surface area (Å²) in [5.74, 6) is 1.22. The summed E-state index contributed by atoms with van der Waals surface area (Å²) in [5, 5.41) is 20.1. The molecule has 0 unspecified atom stereocenters. The molecule has 0 radical (unpaired) electrons. The van der Waals surface area contributed by atoms with Gasteiger partial charge in [-0.15, -0.1) is 0 Å². The van der Waals surface area contributed by atoms with Crippen LogP contribution in [0.15, 0.2) is 64.1 Å². The standard InChI is InChI=1S/C22H21ClN6O4S/c1-13-25-21(33-29-13)16-11-24-22(26-15-8-9-19(17(23)10-15)34(2,31)32)28-20(16)27-18(12-30)14-6-4-3-5-7-14/h3-11,18,30H,12H2,1-2H3,(H2,24,26,27,28)/t18-/m1/s1. The van der Waals surface area contributed by atoms with Gasteiger partial charge in [-0.2, -0.15) is 9.97 Å². The van der Waals surface area contributed by atoms with Crippen LogP contribution >= 0.6 is 11.6 Å². The Morgan fingerprint density at radius 3 is 2.53 bits per heavy atom. The topological polar surface area (TPSA) is 143 Å². The molecule has 12 heteroatoms. The molecule has 4 rings (SSSR count). The lowest BCUT2D eigenvalue weighted by atomic mass is 10.1. The second-order valence-electron chi connectivity index (χ2n) is 7.44. The van der Waals surface area contributed by atoms with E-state index in [-0.39, 0.29) is 28.4 Å². The Labute approximate surface area is 201 Å². The maximum absolute atomic E-state index is 11.8. The predicted molar refractivity (Wildman–Crippen MR) is 128 cm³/mol. The number of halogens is 1. The molecule has 0 fully saturated rings. The van der Waals surface area contributed by atoms with Crippen LogP contribution in [0.3, 0.4) is 0 Å². The molecule has 0 amide bonds. The van der Waals surface area contributed by atoms with Crippen molar-refractivity contribution in [1.82, 2.24) is 20.1 Å². The molecule has 0 aliphatic rings. The number of hydrogen-bond donors (Lipinski definition) is 3. The van der Waals surface area contributed by atoms with Crippen molar-refractivity contribution in [3.05, 3.63) is 71.1 Å². The van der Waals surface area contributed by atoms with E-state index in [0.717, 1.165) is 11.8 Å². The fourth-order valence-electron chi connectivity index (χ4n) is 3.21. The summed E-state index contributed by atoms with van der Waals surface area (Å²) in [5.41, 5.74) is 1.80. The van der Waals surface area contributed by atoms with Crippen LogP contribution in [0.2, 0.25) is 5.02 Å². The van der Waals surface area contributed by atoms with E-state index in [0.29, 0.717) is 22.9 Å². The van der Waals surface area contributed by atoms with Crippen LogP contribution < -0.4 is 10.6 Å². The number of nitrogens with zero attached hydrogens (tertiary/aromatic N) is 4. The van der Waals surface area contributed by atoms with Crippen molar-refractivity contribution in [1.29, 1.82) is 0 Å². The largest absolute Gasteiger partial charge is 0.394 e. The highest BCUT2D eigenvalue weighted by Gasteiger charge is 2.20. The molecule has 2 aromatic heterocycles. The third-order valence-corrected chi connectivity index (χ3v) is 6.41. The number of aliphatic hydroxyl groups excluding tert-OH is 1. The van der Waals surface area contributed by atoms with Gasteiger partial charge >= 0.3 is 0 Å². The number of benzene rings is 2. The molecule has 1 atom stereocenters. The van der Waals surface area contributed by atoms with Gasteiger partial charge in [-0.05, 0) is 30.7 Å². The average molecular weight is 501 g/mol. The summed E-state index contributed by atoms with van der Waals surface area (Å²) in [6, 6.07) is 13.4. The Hall–Kier alpha value is -3.54. The van der Waals surface area contributed by atoms with Crippen molar-refractivity contribution in [3.8, 4) is 11.5 Å². The van der Waals surface area contributed by atoms with Crippen LogP contribution in [-0.4, -0.2) is 46.5 Å². The van der Waals surface area contributed by atoms with Crippen molar-refractivity contribution >= 4 is 38.9 Å². The van der Waals surface area contributed by atoms with Gasteiger partial charge in [0.2, 0.25) is 5.95 Å². The molecule has 0 spiro atoms. The number of anilines is 3. The fraction of sp³-hybridized carbons (Fsp3) is 0.182. The number of sulfone groups is 1. The van der Waals surface area contributed by atoms with Crippen molar-refractivity contribution in [2.24, 2.45) is 0 Å². The van der Waals surface area contributed by atoms with Crippen molar-refractivity contribution in [2.45, 2.75) is 17.9 Å². The maximum Gasteiger partial charge on any atom is 0.263 e. The van der Waals surface area contributed by atoms with Gasteiger partial charge in [0.1, 0.15) is 11.4 Å². The highest BCUT2D eigenvalue weighted by atomic mass is 35.5. The Morgan fingerprint density at radius 1 is 1.15 bits per heavy atom. The monoisotopic (exact) mass is 500 g/mol. The third kappa shape index (κ3) is 5.33. The summed E-state index contributed by atoms with van der Waals surface area (Å²) in [6.07, 6.45) is 2.60.